The van der Waals surface area contributed by atoms with Crippen LogP contribution >= 0.6 is 11.6 Å². The summed E-state index contributed by atoms with van der Waals surface area (Å²) in [5.74, 6) is 0.464. The molecule has 0 atom stereocenters. The molecule has 0 spiro atoms. The molecule has 2 rings (SSSR count). The van der Waals surface area contributed by atoms with E-state index in [1.165, 1.54) is 0 Å². The molecule has 0 aromatic carbocycles. The molecule has 1 saturated heterocycles. The monoisotopic (exact) mass is 213 g/mol. The molecular formula is C10H12ClNO2. The van der Waals surface area contributed by atoms with Crippen LogP contribution in [0.1, 0.15) is 18.8 Å². The second-order valence-corrected chi connectivity index (χ2v) is 3.91. The molecule has 1 aliphatic rings. The molecular weight excluding hydrogens is 202 g/mol. The molecule has 0 saturated carbocycles. The van der Waals surface area contributed by atoms with E-state index in [0.29, 0.717) is 11.1 Å². The third kappa shape index (κ3) is 2.23. The first-order valence-electron chi connectivity index (χ1n) is 4.60. The van der Waals surface area contributed by atoms with Gasteiger partial charge in [-0.1, -0.05) is 18.5 Å². The topological polar surface area (TPSA) is 31.4 Å². The Labute approximate surface area is 88.0 Å². The number of halogens is 1. The van der Waals surface area contributed by atoms with Gasteiger partial charge in [-0.2, -0.15) is 0 Å². The molecule has 1 aromatic heterocycles. The average molecular weight is 214 g/mol. The lowest BCUT2D eigenvalue weighted by molar-refractivity contribution is -0.202. The Morgan fingerprint density at radius 1 is 1.36 bits per heavy atom. The molecule has 0 N–H and O–H groups in total. The van der Waals surface area contributed by atoms with Crippen molar-refractivity contribution in [1.29, 1.82) is 0 Å². The quantitative estimate of drug-likeness (QED) is 0.672. The van der Waals surface area contributed by atoms with Crippen molar-refractivity contribution in [2.75, 3.05) is 13.2 Å². The summed E-state index contributed by atoms with van der Waals surface area (Å²) in [5.41, 5.74) is 0.918. The van der Waals surface area contributed by atoms with E-state index in [-0.39, 0.29) is 6.29 Å². The summed E-state index contributed by atoms with van der Waals surface area (Å²) >= 11 is 5.68. The van der Waals surface area contributed by atoms with Gasteiger partial charge >= 0.3 is 0 Å². The molecule has 3 nitrogen and oxygen atoms in total. The first-order valence-corrected chi connectivity index (χ1v) is 4.98. The highest BCUT2D eigenvalue weighted by Gasteiger charge is 2.20. The zero-order valence-electron chi connectivity index (χ0n) is 7.94. The zero-order chi connectivity index (χ0) is 9.97. The molecule has 1 fully saturated rings. The minimum Gasteiger partial charge on any atom is -0.348 e. The SMILES string of the molecule is CC1COC(c2ccc(Cl)nc2)OC1. The molecule has 2 heterocycles. The smallest absolute Gasteiger partial charge is 0.185 e. The van der Waals surface area contributed by atoms with Gasteiger partial charge in [0.15, 0.2) is 6.29 Å². The van der Waals surface area contributed by atoms with Crippen molar-refractivity contribution in [3.8, 4) is 0 Å². The third-order valence-corrected chi connectivity index (χ3v) is 2.31. The van der Waals surface area contributed by atoms with Crippen molar-refractivity contribution in [3.05, 3.63) is 29.0 Å². The van der Waals surface area contributed by atoms with E-state index in [1.54, 1.807) is 12.3 Å². The van der Waals surface area contributed by atoms with E-state index in [9.17, 15) is 0 Å². The summed E-state index contributed by atoms with van der Waals surface area (Å²) in [6.07, 6.45) is 1.40. The van der Waals surface area contributed by atoms with Gasteiger partial charge in [0.25, 0.3) is 0 Å². The van der Waals surface area contributed by atoms with Crippen LogP contribution in [0.3, 0.4) is 0 Å². The van der Waals surface area contributed by atoms with Crippen LogP contribution < -0.4 is 0 Å². The molecule has 0 bridgehead atoms. The Morgan fingerprint density at radius 3 is 2.64 bits per heavy atom. The number of aromatic nitrogens is 1. The number of ether oxygens (including phenoxy) is 2. The summed E-state index contributed by atoms with van der Waals surface area (Å²) in [6, 6.07) is 3.61. The Balaban J connectivity index is 2.05. The highest BCUT2D eigenvalue weighted by atomic mass is 35.5. The molecule has 4 heteroatoms. The van der Waals surface area contributed by atoms with Crippen LogP contribution in [0.2, 0.25) is 5.15 Å². The Morgan fingerprint density at radius 2 is 2.07 bits per heavy atom. The minimum absolute atomic E-state index is 0.282. The lowest BCUT2D eigenvalue weighted by Gasteiger charge is -2.27. The number of hydrogen-bond acceptors (Lipinski definition) is 3. The van der Waals surface area contributed by atoms with Gasteiger partial charge in [0.2, 0.25) is 0 Å². The zero-order valence-corrected chi connectivity index (χ0v) is 8.70. The summed E-state index contributed by atoms with van der Waals surface area (Å²) in [6.45, 7) is 3.55. The van der Waals surface area contributed by atoms with Crippen LogP contribution in [0.4, 0.5) is 0 Å². The van der Waals surface area contributed by atoms with Gasteiger partial charge in [-0.3, -0.25) is 0 Å². The fraction of sp³-hybridized carbons (Fsp3) is 0.500. The van der Waals surface area contributed by atoms with E-state index in [4.69, 9.17) is 21.1 Å². The summed E-state index contributed by atoms with van der Waals surface area (Å²) in [5, 5.41) is 0.484. The fourth-order valence-electron chi connectivity index (χ4n) is 1.32. The number of nitrogens with zero attached hydrogens (tertiary/aromatic N) is 1. The summed E-state index contributed by atoms with van der Waals surface area (Å²) in [7, 11) is 0. The lowest BCUT2D eigenvalue weighted by atomic mass is 10.2. The van der Waals surface area contributed by atoms with E-state index in [0.717, 1.165) is 18.8 Å². The molecule has 76 valence electrons. The highest BCUT2D eigenvalue weighted by Crippen LogP contribution is 2.24. The van der Waals surface area contributed by atoms with Crippen molar-refractivity contribution in [1.82, 2.24) is 4.98 Å². The fourth-order valence-corrected chi connectivity index (χ4v) is 1.43. The second-order valence-electron chi connectivity index (χ2n) is 3.52. The van der Waals surface area contributed by atoms with Gasteiger partial charge in [0.05, 0.1) is 13.2 Å². The van der Waals surface area contributed by atoms with Crippen LogP contribution in [0, 0.1) is 5.92 Å². The van der Waals surface area contributed by atoms with E-state index < -0.39 is 0 Å². The number of hydrogen-bond donors (Lipinski definition) is 0. The Kier molecular flexibility index (Phi) is 3.01. The van der Waals surface area contributed by atoms with Crippen LogP contribution in [-0.4, -0.2) is 18.2 Å². The summed E-state index contributed by atoms with van der Waals surface area (Å²) in [4.78, 5) is 3.98. The maximum atomic E-state index is 5.68. The average Bonchev–Trinajstić information content (AvgIpc) is 2.21. The van der Waals surface area contributed by atoms with Crippen LogP contribution in [-0.2, 0) is 9.47 Å². The highest BCUT2D eigenvalue weighted by molar-refractivity contribution is 6.29. The van der Waals surface area contributed by atoms with Gasteiger partial charge in [0.1, 0.15) is 5.15 Å². The second kappa shape index (κ2) is 4.26. The Bertz CT molecular complexity index is 293. The van der Waals surface area contributed by atoms with Gasteiger partial charge in [-0.05, 0) is 12.1 Å². The van der Waals surface area contributed by atoms with Crippen molar-refractivity contribution in [2.45, 2.75) is 13.2 Å². The minimum atomic E-state index is -0.282. The Hall–Kier alpha value is -0.640. The van der Waals surface area contributed by atoms with Crippen LogP contribution in [0.25, 0.3) is 0 Å². The molecule has 14 heavy (non-hydrogen) atoms. The first-order chi connectivity index (χ1) is 6.75. The van der Waals surface area contributed by atoms with E-state index >= 15 is 0 Å². The van der Waals surface area contributed by atoms with Gasteiger partial charge in [-0.15, -0.1) is 0 Å². The van der Waals surface area contributed by atoms with Gasteiger partial charge in [-0.25, -0.2) is 4.98 Å². The van der Waals surface area contributed by atoms with Crippen LogP contribution in [0.5, 0.6) is 0 Å². The van der Waals surface area contributed by atoms with E-state index in [1.807, 2.05) is 6.07 Å². The van der Waals surface area contributed by atoms with Gasteiger partial charge in [0, 0.05) is 17.7 Å². The summed E-state index contributed by atoms with van der Waals surface area (Å²) < 4.78 is 11.0. The van der Waals surface area contributed by atoms with E-state index in [2.05, 4.69) is 11.9 Å². The largest absolute Gasteiger partial charge is 0.348 e. The predicted molar refractivity (Wildman–Crippen MR) is 53.1 cm³/mol. The predicted octanol–water partition coefficient (Wildman–Crippen LogP) is 2.42. The third-order valence-electron chi connectivity index (χ3n) is 2.09. The molecule has 1 aliphatic heterocycles. The van der Waals surface area contributed by atoms with Crippen molar-refractivity contribution < 1.29 is 9.47 Å². The molecule has 0 aliphatic carbocycles. The van der Waals surface area contributed by atoms with Crippen molar-refractivity contribution >= 4 is 11.6 Å². The number of pyridine rings is 1. The lowest BCUT2D eigenvalue weighted by Crippen LogP contribution is -2.25. The van der Waals surface area contributed by atoms with Crippen LogP contribution in [0.15, 0.2) is 18.3 Å². The van der Waals surface area contributed by atoms with Crippen molar-refractivity contribution in [3.63, 3.8) is 0 Å². The maximum absolute atomic E-state index is 5.68. The standard InChI is InChI=1S/C10H12ClNO2/c1-7-5-13-10(14-6-7)8-2-3-9(11)12-4-8/h2-4,7,10H,5-6H2,1H3. The normalized spacial score (nSPS) is 27.6. The molecule has 0 radical (unpaired) electrons. The first kappa shape index (κ1) is 9.90. The molecule has 0 unspecified atom stereocenters. The molecule has 1 aromatic rings. The van der Waals surface area contributed by atoms with Crippen molar-refractivity contribution in [2.24, 2.45) is 5.92 Å². The maximum Gasteiger partial charge on any atom is 0.185 e. The molecule has 0 amide bonds. The van der Waals surface area contributed by atoms with Gasteiger partial charge < -0.3 is 9.47 Å². The number of rotatable bonds is 1.